The van der Waals surface area contributed by atoms with Crippen molar-refractivity contribution in [3.05, 3.63) is 24.0 Å². The standard InChI is InChI=1S/C11H17FN2/c1-3-8(2)7-14-11-5-4-9(13)6-10(11)12/h4-6,8,14H,3,7,13H2,1-2H3. The predicted octanol–water partition coefficient (Wildman–Crippen LogP) is 2.87. The molecule has 0 aromatic heterocycles. The summed E-state index contributed by atoms with van der Waals surface area (Å²) >= 11 is 0. The smallest absolute Gasteiger partial charge is 0.148 e. The van der Waals surface area contributed by atoms with Gasteiger partial charge in [0.25, 0.3) is 0 Å². The minimum atomic E-state index is -0.284. The van der Waals surface area contributed by atoms with E-state index < -0.39 is 0 Å². The van der Waals surface area contributed by atoms with E-state index >= 15 is 0 Å². The first-order chi connectivity index (χ1) is 6.63. The Labute approximate surface area is 84.3 Å². The molecule has 1 atom stereocenters. The van der Waals surface area contributed by atoms with E-state index in [-0.39, 0.29) is 5.82 Å². The van der Waals surface area contributed by atoms with Crippen LogP contribution in [-0.2, 0) is 0 Å². The first kappa shape index (κ1) is 10.8. The Morgan fingerprint density at radius 2 is 2.21 bits per heavy atom. The van der Waals surface area contributed by atoms with Crippen LogP contribution in [0.5, 0.6) is 0 Å². The third-order valence-electron chi connectivity index (χ3n) is 2.33. The summed E-state index contributed by atoms with van der Waals surface area (Å²) in [4.78, 5) is 0. The lowest BCUT2D eigenvalue weighted by Crippen LogP contribution is -2.11. The second-order valence-electron chi connectivity index (χ2n) is 3.63. The lowest BCUT2D eigenvalue weighted by atomic mass is 10.1. The van der Waals surface area contributed by atoms with Gasteiger partial charge in [0.05, 0.1) is 5.69 Å². The molecule has 0 fully saturated rings. The van der Waals surface area contributed by atoms with Crippen molar-refractivity contribution in [2.45, 2.75) is 20.3 Å². The summed E-state index contributed by atoms with van der Waals surface area (Å²) in [5.74, 6) is 0.264. The lowest BCUT2D eigenvalue weighted by Gasteiger charge is -2.12. The van der Waals surface area contributed by atoms with Gasteiger partial charge >= 0.3 is 0 Å². The SMILES string of the molecule is CCC(C)CNc1ccc(N)cc1F. The van der Waals surface area contributed by atoms with Gasteiger partial charge < -0.3 is 11.1 Å². The number of nitrogens with one attached hydrogen (secondary N) is 1. The van der Waals surface area contributed by atoms with E-state index in [4.69, 9.17) is 5.73 Å². The average molecular weight is 196 g/mol. The molecule has 1 aromatic carbocycles. The monoisotopic (exact) mass is 196 g/mol. The van der Waals surface area contributed by atoms with Gasteiger partial charge in [0, 0.05) is 12.2 Å². The molecule has 0 aliphatic heterocycles. The van der Waals surface area contributed by atoms with Gasteiger partial charge in [-0.2, -0.15) is 0 Å². The van der Waals surface area contributed by atoms with E-state index in [0.29, 0.717) is 17.3 Å². The van der Waals surface area contributed by atoms with E-state index in [2.05, 4.69) is 19.2 Å². The summed E-state index contributed by atoms with van der Waals surface area (Å²) in [7, 11) is 0. The topological polar surface area (TPSA) is 38.0 Å². The Morgan fingerprint density at radius 3 is 2.79 bits per heavy atom. The van der Waals surface area contributed by atoms with E-state index in [1.165, 1.54) is 6.07 Å². The predicted molar refractivity (Wildman–Crippen MR) is 58.8 cm³/mol. The first-order valence-electron chi connectivity index (χ1n) is 4.92. The van der Waals surface area contributed by atoms with Gasteiger partial charge in [-0.05, 0) is 24.1 Å². The van der Waals surface area contributed by atoms with Crippen molar-refractivity contribution in [3.8, 4) is 0 Å². The highest BCUT2D eigenvalue weighted by Crippen LogP contribution is 2.17. The number of nitrogens with two attached hydrogens (primary N) is 1. The summed E-state index contributed by atoms with van der Waals surface area (Å²) < 4.78 is 13.3. The van der Waals surface area contributed by atoms with E-state index in [1.54, 1.807) is 12.1 Å². The van der Waals surface area contributed by atoms with Gasteiger partial charge in [0.1, 0.15) is 5.82 Å². The fourth-order valence-electron chi connectivity index (χ4n) is 1.10. The number of anilines is 2. The average Bonchev–Trinajstić information content (AvgIpc) is 2.16. The van der Waals surface area contributed by atoms with Crippen molar-refractivity contribution < 1.29 is 4.39 Å². The Kier molecular flexibility index (Phi) is 3.74. The van der Waals surface area contributed by atoms with Gasteiger partial charge in [-0.15, -0.1) is 0 Å². The van der Waals surface area contributed by atoms with Crippen molar-refractivity contribution in [2.24, 2.45) is 5.92 Å². The van der Waals surface area contributed by atoms with Crippen LogP contribution in [0.25, 0.3) is 0 Å². The molecule has 0 saturated heterocycles. The maximum atomic E-state index is 13.3. The molecule has 1 rings (SSSR count). The van der Waals surface area contributed by atoms with Crippen molar-refractivity contribution in [1.29, 1.82) is 0 Å². The largest absolute Gasteiger partial charge is 0.399 e. The van der Waals surface area contributed by atoms with Crippen LogP contribution in [0.3, 0.4) is 0 Å². The first-order valence-corrected chi connectivity index (χ1v) is 4.92. The number of hydrogen-bond acceptors (Lipinski definition) is 2. The molecule has 0 radical (unpaired) electrons. The number of hydrogen-bond donors (Lipinski definition) is 2. The molecule has 78 valence electrons. The maximum absolute atomic E-state index is 13.3. The van der Waals surface area contributed by atoms with Crippen molar-refractivity contribution in [3.63, 3.8) is 0 Å². The minimum Gasteiger partial charge on any atom is -0.399 e. The van der Waals surface area contributed by atoms with Crippen LogP contribution in [0.1, 0.15) is 20.3 Å². The summed E-state index contributed by atoms with van der Waals surface area (Å²) in [5, 5.41) is 3.06. The third kappa shape index (κ3) is 2.91. The highest BCUT2D eigenvalue weighted by atomic mass is 19.1. The maximum Gasteiger partial charge on any atom is 0.148 e. The van der Waals surface area contributed by atoms with E-state index in [0.717, 1.165) is 13.0 Å². The molecular formula is C11H17FN2. The fraction of sp³-hybridized carbons (Fsp3) is 0.455. The fourth-order valence-corrected chi connectivity index (χ4v) is 1.10. The van der Waals surface area contributed by atoms with Gasteiger partial charge in [-0.25, -0.2) is 4.39 Å². The number of rotatable bonds is 4. The number of halogens is 1. The van der Waals surface area contributed by atoms with Gasteiger partial charge in [0.15, 0.2) is 0 Å². The molecule has 0 saturated carbocycles. The van der Waals surface area contributed by atoms with Gasteiger partial charge in [-0.1, -0.05) is 20.3 Å². The number of benzene rings is 1. The van der Waals surface area contributed by atoms with Gasteiger partial charge in [-0.3, -0.25) is 0 Å². The summed E-state index contributed by atoms with van der Waals surface area (Å²) in [6, 6.07) is 4.70. The van der Waals surface area contributed by atoms with Crippen LogP contribution in [0.4, 0.5) is 15.8 Å². The molecule has 3 N–H and O–H groups in total. The molecule has 0 heterocycles. The number of nitrogen functional groups attached to an aromatic ring is 1. The minimum absolute atomic E-state index is 0.284. The molecule has 1 aromatic rings. The zero-order valence-corrected chi connectivity index (χ0v) is 8.68. The summed E-state index contributed by atoms with van der Waals surface area (Å²) in [6.45, 7) is 5.03. The van der Waals surface area contributed by atoms with Crippen LogP contribution < -0.4 is 11.1 Å². The van der Waals surface area contributed by atoms with Crippen LogP contribution in [0.15, 0.2) is 18.2 Å². The summed E-state index contributed by atoms with van der Waals surface area (Å²) in [6.07, 6.45) is 1.09. The Bertz CT molecular complexity index is 299. The Balaban J connectivity index is 2.59. The molecule has 0 aliphatic carbocycles. The Morgan fingerprint density at radius 1 is 1.50 bits per heavy atom. The molecule has 14 heavy (non-hydrogen) atoms. The van der Waals surface area contributed by atoms with E-state index in [9.17, 15) is 4.39 Å². The van der Waals surface area contributed by atoms with Gasteiger partial charge in [0.2, 0.25) is 0 Å². The third-order valence-corrected chi connectivity index (χ3v) is 2.33. The Hall–Kier alpha value is -1.25. The van der Waals surface area contributed by atoms with Crippen molar-refractivity contribution >= 4 is 11.4 Å². The summed E-state index contributed by atoms with van der Waals surface area (Å²) in [5.41, 5.74) is 6.42. The highest BCUT2D eigenvalue weighted by molar-refractivity contribution is 5.52. The molecule has 2 nitrogen and oxygen atoms in total. The van der Waals surface area contributed by atoms with Crippen LogP contribution in [0.2, 0.25) is 0 Å². The molecule has 0 aliphatic rings. The van der Waals surface area contributed by atoms with Crippen LogP contribution in [0, 0.1) is 11.7 Å². The highest BCUT2D eigenvalue weighted by Gasteiger charge is 2.03. The zero-order chi connectivity index (χ0) is 10.6. The molecule has 0 bridgehead atoms. The zero-order valence-electron chi connectivity index (χ0n) is 8.68. The molecule has 3 heteroatoms. The van der Waals surface area contributed by atoms with E-state index in [1.807, 2.05) is 0 Å². The van der Waals surface area contributed by atoms with Crippen molar-refractivity contribution in [2.75, 3.05) is 17.6 Å². The molecular weight excluding hydrogens is 179 g/mol. The lowest BCUT2D eigenvalue weighted by molar-refractivity contribution is 0.586. The quantitative estimate of drug-likeness (QED) is 0.727. The van der Waals surface area contributed by atoms with Crippen LogP contribution >= 0.6 is 0 Å². The van der Waals surface area contributed by atoms with Crippen LogP contribution in [-0.4, -0.2) is 6.54 Å². The molecule has 0 spiro atoms. The molecule has 1 unspecified atom stereocenters. The second-order valence-corrected chi connectivity index (χ2v) is 3.63. The van der Waals surface area contributed by atoms with Crippen molar-refractivity contribution in [1.82, 2.24) is 0 Å². The second kappa shape index (κ2) is 4.84. The molecule has 0 amide bonds. The normalized spacial score (nSPS) is 12.5.